The van der Waals surface area contributed by atoms with Crippen LogP contribution in [0.3, 0.4) is 0 Å². The molecule has 0 aliphatic carbocycles. The molecule has 1 amide bonds. The van der Waals surface area contributed by atoms with Crippen LogP contribution in [0, 0.1) is 0 Å². The Morgan fingerprint density at radius 3 is 2.69 bits per heavy atom. The minimum absolute atomic E-state index is 0.0546. The monoisotopic (exact) mass is 203 g/mol. The number of hydrogen-bond donors (Lipinski definition) is 0. The van der Waals surface area contributed by atoms with E-state index in [-0.39, 0.29) is 5.75 Å². The van der Waals surface area contributed by atoms with Gasteiger partial charge in [-0.25, -0.2) is 12.7 Å². The van der Waals surface area contributed by atoms with Crippen LogP contribution in [0.15, 0.2) is 11.6 Å². The highest BCUT2D eigenvalue weighted by Crippen LogP contribution is 2.12. The van der Waals surface area contributed by atoms with Gasteiger partial charge in [-0.3, -0.25) is 4.79 Å². The third kappa shape index (κ3) is 2.09. The van der Waals surface area contributed by atoms with Crippen molar-refractivity contribution in [1.29, 1.82) is 0 Å². The van der Waals surface area contributed by atoms with Gasteiger partial charge in [0.2, 0.25) is 10.0 Å². The second kappa shape index (κ2) is 3.49. The van der Waals surface area contributed by atoms with Gasteiger partial charge in [0.15, 0.2) is 0 Å². The van der Waals surface area contributed by atoms with Crippen LogP contribution in [0.25, 0.3) is 0 Å². The fraction of sp³-hybridized carbons (Fsp3) is 0.625. The molecule has 0 aromatic carbocycles. The number of sulfonamides is 1. The van der Waals surface area contributed by atoms with Crippen LogP contribution in [0.1, 0.15) is 19.8 Å². The molecule has 4 nitrogen and oxygen atoms in total. The fourth-order valence-corrected chi connectivity index (χ4v) is 2.39. The molecule has 0 unspecified atom stereocenters. The van der Waals surface area contributed by atoms with Crippen molar-refractivity contribution in [3.05, 3.63) is 11.6 Å². The minimum Gasteiger partial charge on any atom is -0.268 e. The van der Waals surface area contributed by atoms with Crippen LogP contribution < -0.4 is 0 Å². The number of allylic oxidation sites excluding steroid dienone is 1. The lowest BCUT2D eigenvalue weighted by Crippen LogP contribution is -2.36. The fourth-order valence-electron chi connectivity index (χ4n) is 1.18. The average molecular weight is 203 g/mol. The number of likely N-dealkylation sites (N-methyl/N-ethyl adjacent to an activating group) is 1. The van der Waals surface area contributed by atoms with Gasteiger partial charge in [-0.2, -0.15) is 0 Å². The van der Waals surface area contributed by atoms with E-state index in [0.717, 1.165) is 4.31 Å². The molecule has 0 bridgehead atoms. The number of rotatable bonds is 0. The lowest BCUT2D eigenvalue weighted by molar-refractivity contribution is -0.121. The summed E-state index contributed by atoms with van der Waals surface area (Å²) in [7, 11) is -2.05. The number of nitrogens with zero attached hydrogens (tertiary/aromatic N) is 1. The lowest BCUT2D eigenvalue weighted by Gasteiger charge is -2.19. The number of amides is 1. The van der Waals surface area contributed by atoms with Crippen molar-refractivity contribution < 1.29 is 13.2 Å². The van der Waals surface area contributed by atoms with Gasteiger partial charge in [-0.05, 0) is 19.8 Å². The standard InChI is InChI=1S/C8H13NO3S/c1-7-5-3-4-6-13(11,12)9(2)8(7)10/h5H,3-4,6H2,1-2H3. The predicted molar refractivity (Wildman–Crippen MR) is 49.5 cm³/mol. The smallest absolute Gasteiger partial charge is 0.262 e. The van der Waals surface area contributed by atoms with Crippen molar-refractivity contribution in [1.82, 2.24) is 4.31 Å². The van der Waals surface area contributed by atoms with Crippen molar-refractivity contribution in [2.75, 3.05) is 12.8 Å². The van der Waals surface area contributed by atoms with E-state index in [2.05, 4.69) is 0 Å². The first-order chi connectivity index (χ1) is 5.95. The molecule has 1 heterocycles. The molecule has 0 saturated heterocycles. The first-order valence-electron chi connectivity index (χ1n) is 4.13. The number of hydrogen-bond acceptors (Lipinski definition) is 3. The minimum atomic E-state index is -3.36. The number of carbonyl (C=O) groups is 1. The van der Waals surface area contributed by atoms with Crippen LogP contribution in [-0.2, 0) is 14.8 Å². The zero-order chi connectivity index (χ0) is 10.1. The summed E-state index contributed by atoms with van der Waals surface area (Å²) < 4.78 is 23.6. The maximum atomic E-state index is 11.4. The van der Waals surface area contributed by atoms with Gasteiger partial charge in [0.1, 0.15) is 0 Å². The topological polar surface area (TPSA) is 54.5 Å². The summed E-state index contributed by atoms with van der Waals surface area (Å²) in [4.78, 5) is 11.4. The molecule has 1 aliphatic rings. The largest absolute Gasteiger partial charge is 0.268 e. The molecule has 0 fully saturated rings. The highest BCUT2D eigenvalue weighted by atomic mass is 32.2. The van der Waals surface area contributed by atoms with Gasteiger partial charge >= 0.3 is 0 Å². The van der Waals surface area contributed by atoms with Gasteiger partial charge in [0.25, 0.3) is 5.91 Å². The third-order valence-electron chi connectivity index (χ3n) is 2.10. The zero-order valence-corrected chi connectivity index (χ0v) is 8.60. The van der Waals surface area contributed by atoms with E-state index in [4.69, 9.17) is 0 Å². The molecule has 0 aromatic rings. The molecule has 13 heavy (non-hydrogen) atoms. The van der Waals surface area contributed by atoms with Crippen LogP contribution in [-0.4, -0.2) is 31.4 Å². The molecule has 5 heteroatoms. The molecule has 0 N–H and O–H groups in total. The molecule has 1 rings (SSSR count). The third-order valence-corrected chi connectivity index (χ3v) is 3.90. The van der Waals surface area contributed by atoms with Crippen LogP contribution in [0.5, 0.6) is 0 Å². The molecular formula is C8H13NO3S. The summed E-state index contributed by atoms with van der Waals surface area (Å²) in [5.74, 6) is -0.362. The van der Waals surface area contributed by atoms with E-state index >= 15 is 0 Å². The maximum Gasteiger partial charge on any atom is 0.262 e. The van der Waals surface area contributed by atoms with Gasteiger partial charge in [-0.15, -0.1) is 0 Å². The highest BCUT2D eigenvalue weighted by Gasteiger charge is 2.24. The second-order valence-electron chi connectivity index (χ2n) is 3.12. The highest BCUT2D eigenvalue weighted by molar-refractivity contribution is 7.89. The Labute approximate surface area is 78.3 Å². The lowest BCUT2D eigenvalue weighted by atomic mass is 10.2. The van der Waals surface area contributed by atoms with E-state index in [9.17, 15) is 13.2 Å². The SMILES string of the molecule is CC1=CCCCS(=O)(=O)N(C)C1=O. The van der Waals surface area contributed by atoms with Gasteiger partial charge in [0.05, 0.1) is 5.75 Å². The summed E-state index contributed by atoms with van der Waals surface area (Å²) >= 11 is 0. The van der Waals surface area contributed by atoms with Crippen molar-refractivity contribution in [2.24, 2.45) is 0 Å². The van der Waals surface area contributed by atoms with Gasteiger partial charge in [-0.1, -0.05) is 6.08 Å². The van der Waals surface area contributed by atoms with Gasteiger partial charge < -0.3 is 0 Å². The molecular weight excluding hydrogens is 190 g/mol. The molecule has 0 saturated carbocycles. The number of carbonyl (C=O) groups excluding carboxylic acids is 1. The molecule has 0 radical (unpaired) electrons. The van der Waals surface area contributed by atoms with E-state index in [1.807, 2.05) is 0 Å². The Bertz CT molecular complexity index is 342. The summed E-state index contributed by atoms with van der Waals surface area (Å²) in [6.07, 6.45) is 3.02. The molecule has 74 valence electrons. The Morgan fingerprint density at radius 2 is 2.08 bits per heavy atom. The van der Waals surface area contributed by atoms with Crippen molar-refractivity contribution in [3.8, 4) is 0 Å². The van der Waals surface area contributed by atoms with Crippen molar-refractivity contribution in [2.45, 2.75) is 19.8 Å². The average Bonchev–Trinajstić information content (AvgIpc) is 2.08. The van der Waals surface area contributed by atoms with Crippen LogP contribution in [0.2, 0.25) is 0 Å². The Hall–Kier alpha value is -0.840. The molecule has 0 spiro atoms. The van der Waals surface area contributed by atoms with E-state index in [1.165, 1.54) is 7.05 Å². The molecule has 0 atom stereocenters. The van der Waals surface area contributed by atoms with E-state index < -0.39 is 15.9 Å². The normalized spacial score (nSPS) is 23.4. The zero-order valence-electron chi connectivity index (χ0n) is 7.78. The molecule has 0 aromatic heterocycles. The Morgan fingerprint density at radius 1 is 1.46 bits per heavy atom. The Kier molecular flexibility index (Phi) is 2.75. The summed E-state index contributed by atoms with van der Waals surface area (Å²) in [6.45, 7) is 1.64. The summed E-state index contributed by atoms with van der Waals surface area (Å²) in [5.41, 5.74) is 0.505. The van der Waals surface area contributed by atoms with Crippen LogP contribution >= 0.6 is 0 Å². The van der Waals surface area contributed by atoms with Gasteiger partial charge in [0, 0.05) is 12.6 Å². The van der Waals surface area contributed by atoms with Crippen LogP contribution in [0.4, 0.5) is 0 Å². The summed E-state index contributed by atoms with van der Waals surface area (Å²) in [6, 6.07) is 0. The summed E-state index contributed by atoms with van der Waals surface area (Å²) in [5, 5.41) is 0. The van der Waals surface area contributed by atoms with Crippen molar-refractivity contribution in [3.63, 3.8) is 0 Å². The second-order valence-corrected chi connectivity index (χ2v) is 5.24. The first-order valence-corrected chi connectivity index (χ1v) is 5.74. The molecule has 1 aliphatic heterocycles. The van der Waals surface area contributed by atoms with E-state index in [1.54, 1.807) is 13.0 Å². The quantitative estimate of drug-likeness (QED) is 0.576. The Balaban J connectivity index is 3.06. The predicted octanol–water partition coefficient (Wildman–Crippen LogP) is 0.515. The maximum absolute atomic E-state index is 11.4. The van der Waals surface area contributed by atoms with Crippen molar-refractivity contribution >= 4 is 15.9 Å². The van der Waals surface area contributed by atoms with E-state index in [0.29, 0.717) is 18.4 Å². The first kappa shape index (κ1) is 10.2.